The van der Waals surface area contributed by atoms with Crippen LogP contribution >= 0.6 is 0 Å². The number of esters is 1. The molecule has 0 amide bonds. The lowest BCUT2D eigenvalue weighted by molar-refractivity contribution is -0.145. The van der Waals surface area contributed by atoms with Gasteiger partial charge < -0.3 is 4.74 Å². The van der Waals surface area contributed by atoms with Crippen LogP contribution in [0.15, 0.2) is 40.8 Å². The Balaban J connectivity index is 2.35. The molecule has 0 aliphatic carbocycles. The Bertz CT molecular complexity index is 661. The van der Waals surface area contributed by atoms with Crippen LogP contribution in [0.5, 0.6) is 0 Å². The molecule has 2 rings (SSSR count). The van der Waals surface area contributed by atoms with Crippen LogP contribution in [0.2, 0.25) is 0 Å². The molecule has 1 aromatic rings. The first-order valence-electron chi connectivity index (χ1n) is 6.79. The molecule has 1 unspecified atom stereocenters. The van der Waals surface area contributed by atoms with Gasteiger partial charge in [-0.3, -0.25) is 0 Å². The van der Waals surface area contributed by atoms with Crippen molar-refractivity contribution in [3.63, 3.8) is 0 Å². The van der Waals surface area contributed by atoms with E-state index >= 15 is 0 Å². The lowest BCUT2D eigenvalue weighted by atomic mass is 10.2. The van der Waals surface area contributed by atoms with Crippen LogP contribution < -0.4 is 0 Å². The van der Waals surface area contributed by atoms with Gasteiger partial charge in [0.1, 0.15) is 6.04 Å². The molecule has 21 heavy (non-hydrogen) atoms. The fraction of sp³-hybridized carbons (Fsp3) is 0.400. The maximum atomic E-state index is 12.7. The van der Waals surface area contributed by atoms with E-state index in [4.69, 9.17) is 4.74 Å². The SMILES string of the molecule is CCOC(=O)C1C(C)=CCN1S(=O)(=O)c1ccc(C)cc1. The summed E-state index contributed by atoms with van der Waals surface area (Å²) in [4.78, 5) is 12.2. The normalized spacial score (nSPS) is 19.4. The summed E-state index contributed by atoms with van der Waals surface area (Å²) in [6.07, 6.45) is 1.74. The number of ether oxygens (including phenoxy) is 1. The average Bonchev–Trinajstić information content (AvgIpc) is 2.82. The van der Waals surface area contributed by atoms with Gasteiger partial charge in [0.2, 0.25) is 10.0 Å². The Morgan fingerprint density at radius 3 is 2.48 bits per heavy atom. The minimum Gasteiger partial charge on any atom is -0.465 e. The first kappa shape index (κ1) is 15.7. The van der Waals surface area contributed by atoms with Crippen LogP contribution in [0.3, 0.4) is 0 Å². The summed E-state index contributed by atoms with van der Waals surface area (Å²) >= 11 is 0. The minimum absolute atomic E-state index is 0.186. The lowest BCUT2D eigenvalue weighted by Crippen LogP contribution is -2.43. The molecule has 1 atom stereocenters. The zero-order valence-corrected chi connectivity index (χ0v) is 13.2. The Hall–Kier alpha value is -1.66. The predicted molar refractivity (Wildman–Crippen MR) is 79.2 cm³/mol. The van der Waals surface area contributed by atoms with Crippen molar-refractivity contribution in [3.05, 3.63) is 41.5 Å². The summed E-state index contributed by atoms with van der Waals surface area (Å²) in [6.45, 7) is 5.74. The number of aryl methyl sites for hydroxylation is 1. The predicted octanol–water partition coefficient (Wildman–Crippen LogP) is 1.88. The Kier molecular flexibility index (Phi) is 4.49. The zero-order valence-electron chi connectivity index (χ0n) is 12.4. The third kappa shape index (κ3) is 3.01. The minimum atomic E-state index is -3.72. The second-order valence-electron chi connectivity index (χ2n) is 4.99. The van der Waals surface area contributed by atoms with Crippen molar-refractivity contribution in [2.45, 2.75) is 31.7 Å². The lowest BCUT2D eigenvalue weighted by Gasteiger charge is -2.24. The smallest absolute Gasteiger partial charge is 0.328 e. The van der Waals surface area contributed by atoms with Gasteiger partial charge in [-0.1, -0.05) is 23.8 Å². The topological polar surface area (TPSA) is 63.7 Å². The van der Waals surface area contributed by atoms with E-state index in [1.54, 1.807) is 44.2 Å². The number of sulfonamides is 1. The largest absolute Gasteiger partial charge is 0.465 e. The maximum absolute atomic E-state index is 12.7. The molecule has 1 aromatic carbocycles. The highest BCUT2D eigenvalue weighted by atomic mass is 32.2. The van der Waals surface area contributed by atoms with Crippen molar-refractivity contribution in [2.24, 2.45) is 0 Å². The molecular weight excluding hydrogens is 290 g/mol. The van der Waals surface area contributed by atoms with E-state index in [9.17, 15) is 13.2 Å². The highest BCUT2D eigenvalue weighted by molar-refractivity contribution is 7.89. The van der Waals surface area contributed by atoms with E-state index in [-0.39, 0.29) is 18.0 Å². The van der Waals surface area contributed by atoms with Crippen LogP contribution in [-0.2, 0) is 19.6 Å². The molecule has 0 N–H and O–H groups in total. The van der Waals surface area contributed by atoms with Crippen LogP contribution in [-0.4, -0.2) is 37.9 Å². The maximum Gasteiger partial charge on any atom is 0.328 e. The Morgan fingerprint density at radius 1 is 1.29 bits per heavy atom. The molecule has 114 valence electrons. The van der Waals surface area contributed by atoms with Gasteiger partial charge in [-0.05, 0) is 38.5 Å². The molecule has 0 saturated carbocycles. The summed E-state index contributed by atoms with van der Waals surface area (Å²) in [7, 11) is -3.72. The van der Waals surface area contributed by atoms with E-state index in [1.165, 1.54) is 4.31 Å². The molecule has 1 aliphatic heterocycles. The highest BCUT2D eigenvalue weighted by Gasteiger charge is 2.40. The van der Waals surface area contributed by atoms with Gasteiger partial charge in [0, 0.05) is 6.54 Å². The first-order valence-corrected chi connectivity index (χ1v) is 8.23. The summed E-state index contributed by atoms with van der Waals surface area (Å²) in [6, 6.07) is 5.72. The Morgan fingerprint density at radius 2 is 1.90 bits per heavy atom. The number of benzene rings is 1. The number of carbonyl (C=O) groups is 1. The van der Waals surface area contributed by atoms with E-state index in [1.807, 2.05) is 6.92 Å². The standard InChI is InChI=1S/C15H19NO4S/c1-4-20-15(17)14-12(3)9-10-16(14)21(18,19)13-7-5-11(2)6-8-13/h5-9,14H,4,10H2,1-3H3. The first-order chi connectivity index (χ1) is 9.87. The van der Waals surface area contributed by atoms with Gasteiger partial charge >= 0.3 is 5.97 Å². The van der Waals surface area contributed by atoms with E-state index < -0.39 is 22.0 Å². The van der Waals surface area contributed by atoms with Gasteiger partial charge in [-0.2, -0.15) is 4.31 Å². The Labute approximate surface area is 125 Å². The molecule has 5 nitrogen and oxygen atoms in total. The van der Waals surface area contributed by atoms with E-state index in [0.717, 1.165) is 5.56 Å². The molecule has 1 aliphatic rings. The third-order valence-corrected chi connectivity index (χ3v) is 5.30. The summed E-state index contributed by atoms with van der Waals surface area (Å²) in [5.41, 5.74) is 1.68. The van der Waals surface area contributed by atoms with Crippen LogP contribution in [0.4, 0.5) is 0 Å². The number of nitrogens with zero attached hydrogens (tertiary/aromatic N) is 1. The summed E-state index contributed by atoms with van der Waals surface area (Å²) in [5.74, 6) is -0.528. The van der Waals surface area contributed by atoms with Crippen molar-refractivity contribution >= 4 is 16.0 Å². The van der Waals surface area contributed by atoms with Crippen molar-refractivity contribution < 1.29 is 17.9 Å². The van der Waals surface area contributed by atoms with Crippen molar-refractivity contribution in [1.29, 1.82) is 0 Å². The van der Waals surface area contributed by atoms with Crippen LogP contribution in [0.25, 0.3) is 0 Å². The van der Waals surface area contributed by atoms with E-state index in [2.05, 4.69) is 0 Å². The van der Waals surface area contributed by atoms with Crippen LogP contribution in [0.1, 0.15) is 19.4 Å². The quantitative estimate of drug-likeness (QED) is 0.629. The van der Waals surface area contributed by atoms with Crippen molar-refractivity contribution in [2.75, 3.05) is 13.2 Å². The number of rotatable bonds is 4. The molecule has 1 heterocycles. The second-order valence-corrected chi connectivity index (χ2v) is 6.88. The van der Waals surface area contributed by atoms with E-state index in [0.29, 0.717) is 5.57 Å². The van der Waals surface area contributed by atoms with Gasteiger partial charge in [0.15, 0.2) is 0 Å². The molecule has 0 radical (unpaired) electrons. The van der Waals surface area contributed by atoms with Gasteiger partial charge in [0.25, 0.3) is 0 Å². The second kappa shape index (κ2) is 5.99. The van der Waals surface area contributed by atoms with Gasteiger partial charge in [0.05, 0.1) is 11.5 Å². The molecule has 6 heteroatoms. The average molecular weight is 309 g/mol. The number of hydrogen-bond donors (Lipinski definition) is 0. The fourth-order valence-corrected chi connectivity index (χ4v) is 3.84. The van der Waals surface area contributed by atoms with Gasteiger partial charge in [-0.25, -0.2) is 13.2 Å². The molecular formula is C15H19NO4S. The molecule has 0 bridgehead atoms. The fourth-order valence-electron chi connectivity index (χ4n) is 2.29. The molecule has 0 fully saturated rings. The molecule has 0 spiro atoms. The van der Waals surface area contributed by atoms with Crippen molar-refractivity contribution in [1.82, 2.24) is 4.31 Å². The van der Waals surface area contributed by atoms with Crippen LogP contribution in [0, 0.1) is 6.92 Å². The number of hydrogen-bond acceptors (Lipinski definition) is 4. The third-order valence-electron chi connectivity index (χ3n) is 3.45. The van der Waals surface area contributed by atoms with Gasteiger partial charge in [-0.15, -0.1) is 0 Å². The van der Waals surface area contributed by atoms with Crippen molar-refractivity contribution in [3.8, 4) is 0 Å². The highest BCUT2D eigenvalue weighted by Crippen LogP contribution is 2.27. The summed E-state index contributed by atoms with van der Waals surface area (Å²) < 4.78 is 31.6. The monoisotopic (exact) mass is 309 g/mol. The summed E-state index contributed by atoms with van der Waals surface area (Å²) in [5, 5.41) is 0. The zero-order chi connectivity index (χ0) is 15.6. The number of carbonyl (C=O) groups excluding carboxylic acids is 1. The molecule has 0 saturated heterocycles. The molecule has 0 aromatic heterocycles.